The zero-order valence-corrected chi connectivity index (χ0v) is 17.2. The first-order chi connectivity index (χ1) is 12.1. The predicted octanol–water partition coefficient (Wildman–Crippen LogP) is 4.56. The molecule has 0 aromatic heterocycles. The summed E-state index contributed by atoms with van der Waals surface area (Å²) in [6.45, 7) is 14.4. The number of rotatable bonds is 6. The number of esters is 1. The molecule has 1 aliphatic rings. The van der Waals surface area contributed by atoms with E-state index in [1.54, 1.807) is 0 Å². The third kappa shape index (κ3) is 6.10. The average molecular weight is 363 g/mol. The van der Waals surface area contributed by atoms with Crippen molar-refractivity contribution in [3.05, 3.63) is 34.9 Å². The van der Waals surface area contributed by atoms with Crippen molar-refractivity contribution in [3.8, 4) is 0 Å². The lowest BCUT2D eigenvalue weighted by molar-refractivity contribution is -0.237. The molecule has 1 fully saturated rings. The molecule has 1 saturated heterocycles. The van der Waals surface area contributed by atoms with Crippen LogP contribution in [0.1, 0.15) is 64.2 Å². The summed E-state index contributed by atoms with van der Waals surface area (Å²) in [6, 6.07) is 6.57. The molecule has 0 aliphatic carbocycles. The van der Waals surface area contributed by atoms with Crippen LogP contribution in [0.15, 0.2) is 18.2 Å². The highest BCUT2D eigenvalue weighted by Gasteiger charge is 2.34. The molecule has 26 heavy (non-hydrogen) atoms. The van der Waals surface area contributed by atoms with Gasteiger partial charge in [-0.2, -0.15) is 0 Å². The molecule has 0 atom stereocenters. The van der Waals surface area contributed by atoms with E-state index >= 15 is 0 Å². The maximum atomic E-state index is 12.2. The number of ether oxygens (including phenoxy) is 3. The minimum atomic E-state index is -0.348. The zero-order valence-electron chi connectivity index (χ0n) is 17.2. The lowest BCUT2D eigenvalue weighted by atomic mass is 9.84. The Morgan fingerprint density at radius 3 is 2.38 bits per heavy atom. The van der Waals surface area contributed by atoms with Gasteiger partial charge in [-0.3, -0.25) is 4.79 Å². The molecule has 0 saturated carbocycles. The van der Waals surface area contributed by atoms with Crippen molar-refractivity contribution in [1.29, 1.82) is 0 Å². The molecule has 0 radical (unpaired) electrons. The molecule has 1 aromatic carbocycles. The van der Waals surface area contributed by atoms with E-state index in [0.29, 0.717) is 32.7 Å². The Labute approximate surface area is 158 Å². The summed E-state index contributed by atoms with van der Waals surface area (Å²) in [5.74, 6) is -0.173. The van der Waals surface area contributed by atoms with E-state index in [9.17, 15) is 4.79 Å². The van der Waals surface area contributed by atoms with Gasteiger partial charge in [0, 0.05) is 11.8 Å². The Morgan fingerprint density at radius 2 is 1.77 bits per heavy atom. The second kappa shape index (κ2) is 8.53. The van der Waals surface area contributed by atoms with Crippen LogP contribution in [0.25, 0.3) is 0 Å². The molecule has 0 unspecified atom stereocenters. The van der Waals surface area contributed by atoms with Gasteiger partial charge in [-0.05, 0) is 36.3 Å². The summed E-state index contributed by atoms with van der Waals surface area (Å²) >= 11 is 0. The van der Waals surface area contributed by atoms with Crippen molar-refractivity contribution in [2.24, 2.45) is 5.41 Å². The first-order valence-corrected chi connectivity index (χ1v) is 9.58. The molecule has 0 N–H and O–H groups in total. The van der Waals surface area contributed by atoms with Crippen molar-refractivity contribution in [1.82, 2.24) is 0 Å². The second-order valence-corrected chi connectivity index (χ2v) is 9.03. The standard InChI is InChI=1S/C22H34O4/c1-16-12-17(14-18(13-16)21(2,3)4)8-9-19(23)26-15-22(5,6)20-24-10-7-11-25-20/h12-14,20H,7-11,15H2,1-6H3. The molecule has 1 heterocycles. The molecule has 0 bridgehead atoms. The highest BCUT2D eigenvalue weighted by Crippen LogP contribution is 2.28. The van der Waals surface area contributed by atoms with Crippen LogP contribution in [0.3, 0.4) is 0 Å². The minimum absolute atomic E-state index is 0.102. The Hall–Kier alpha value is -1.39. The number of carbonyl (C=O) groups excluding carboxylic acids is 1. The molecule has 0 spiro atoms. The first-order valence-electron chi connectivity index (χ1n) is 9.58. The smallest absolute Gasteiger partial charge is 0.306 e. The molecule has 4 heteroatoms. The van der Waals surface area contributed by atoms with Gasteiger partial charge < -0.3 is 14.2 Å². The molecule has 2 rings (SSSR count). The summed E-state index contributed by atoms with van der Waals surface area (Å²) in [5, 5.41) is 0. The van der Waals surface area contributed by atoms with Gasteiger partial charge in [0.05, 0.1) is 13.2 Å². The molecular weight excluding hydrogens is 328 g/mol. The van der Waals surface area contributed by atoms with E-state index in [2.05, 4.69) is 45.9 Å². The molecule has 4 nitrogen and oxygen atoms in total. The van der Waals surface area contributed by atoms with Crippen molar-refractivity contribution in [2.75, 3.05) is 19.8 Å². The summed E-state index contributed by atoms with van der Waals surface area (Å²) in [6.07, 6.45) is 1.69. The Morgan fingerprint density at radius 1 is 1.12 bits per heavy atom. The molecule has 146 valence electrons. The van der Waals surface area contributed by atoms with Gasteiger partial charge >= 0.3 is 5.97 Å². The molecule has 1 aromatic rings. The minimum Gasteiger partial charge on any atom is -0.465 e. The van der Waals surface area contributed by atoms with Crippen LogP contribution in [0, 0.1) is 12.3 Å². The van der Waals surface area contributed by atoms with E-state index < -0.39 is 0 Å². The van der Waals surface area contributed by atoms with Gasteiger partial charge in [0.25, 0.3) is 0 Å². The SMILES string of the molecule is Cc1cc(CCC(=O)OCC(C)(C)C2OCCCO2)cc(C(C)(C)C)c1. The zero-order chi connectivity index (χ0) is 19.4. The third-order valence-corrected chi connectivity index (χ3v) is 4.69. The van der Waals surface area contributed by atoms with Crippen molar-refractivity contribution >= 4 is 5.97 Å². The quantitative estimate of drug-likeness (QED) is 0.696. The highest BCUT2D eigenvalue weighted by molar-refractivity contribution is 5.69. The molecular formula is C22H34O4. The van der Waals surface area contributed by atoms with Gasteiger partial charge in [0.1, 0.15) is 6.61 Å². The van der Waals surface area contributed by atoms with Crippen LogP contribution in [0.4, 0.5) is 0 Å². The lowest BCUT2D eigenvalue weighted by Crippen LogP contribution is -2.41. The van der Waals surface area contributed by atoms with Crippen LogP contribution in [-0.2, 0) is 30.8 Å². The van der Waals surface area contributed by atoms with Crippen LogP contribution < -0.4 is 0 Å². The number of aryl methyl sites for hydroxylation is 2. The lowest BCUT2D eigenvalue weighted by Gasteiger charge is -2.35. The van der Waals surface area contributed by atoms with E-state index in [1.165, 1.54) is 16.7 Å². The summed E-state index contributed by atoms with van der Waals surface area (Å²) in [5.41, 5.74) is 3.47. The van der Waals surface area contributed by atoms with Crippen molar-refractivity contribution in [3.63, 3.8) is 0 Å². The van der Waals surface area contributed by atoms with Gasteiger partial charge in [-0.15, -0.1) is 0 Å². The fourth-order valence-electron chi connectivity index (χ4n) is 3.03. The average Bonchev–Trinajstić information content (AvgIpc) is 2.58. The summed E-state index contributed by atoms with van der Waals surface area (Å²) in [4.78, 5) is 12.2. The summed E-state index contributed by atoms with van der Waals surface area (Å²) in [7, 11) is 0. The Kier molecular flexibility index (Phi) is 6.86. The maximum Gasteiger partial charge on any atom is 0.306 e. The van der Waals surface area contributed by atoms with Crippen LogP contribution in [0.2, 0.25) is 0 Å². The Bertz CT molecular complexity index is 607. The van der Waals surface area contributed by atoms with Gasteiger partial charge in [0.2, 0.25) is 0 Å². The number of hydrogen-bond acceptors (Lipinski definition) is 4. The number of hydrogen-bond donors (Lipinski definition) is 0. The fraction of sp³-hybridized carbons (Fsp3) is 0.682. The predicted molar refractivity (Wildman–Crippen MR) is 103 cm³/mol. The van der Waals surface area contributed by atoms with Gasteiger partial charge in [0.15, 0.2) is 6.29 Å². The van der Waals surface area contributed by atoms with E-state index in [0.717, 1.165) is 6.42 Å². The number of carbonyl (C=O) groups is 1. The largest absolute Gasteiger partial charge is 0.465 e. The summed E-state index contributed by atoms with van der Waals surface area (Å²) < 4.78 is 16.8. The van der Waals surface area contributed by atoms with Crippen molar-refractivity contribution < 1.29 is 19.0 Å². The van der Waals surface area contributed by atoms with E-state index in [-0.39, 0.29) is 23.1 Å². The number of benzene rings is 1. The van der Waals surface area contributed by atoms with E-state index in [4.69, 9.17) is 14.2 Å². The highest BCUT2D eigenvalue weighted by atomic mass is 16.7. The second-order valence-electron chi connectivity index (χ2n) is 9.03. The maximum absolute atomic E-state index is 12.2. The molecule has 0 amide bonds. The van der Waals surface area contributed by atoms with Gasteiger partial charge in [-0.1, -0.05) is 58.4 Å². The van der Waals surface area contributed by atoms with Crippen molar-refractivity contribution in [2.45, 2.75) is 72.5 Å². The molecule has 1 aliphatic heterocycles. The monoisotopic (exact) mass is 362 g/mol. The fourth-order valence-corrected chi connectivity index (χ4v) is 3.03. The van der Waals surface area contributed by atoms with E-state index in [1.807, 2.05) is 13.8 Å². The topological polar surface area (TPSA) is 44.8 Å². The third-order valence-electron chi connectivity index (χ3n) is 4.69. The van der Waals surface area contributed by atoms with Crippen LogP contribution >= 0.6 is 0 Å². The van der Waals surface area contributed by atoms with Gasteiger partial charge in [-0.25, -0.2) is 0 Å². The first kappa shape index (κ1) is 20.9. The van der Waals surface area contributed by atoms with Crippen LogP contribution in [0.5, 0.6) is 0 Å². The Balaban J connectivity index is 1.86. The van der Waals surface area contributed by atoms with Crippen LogP contribution in [-0.4, -0.2) is 32.1 Å². The normalized spacial score (nSPS) is 16.5.